The molecule has 0 bridgehead atoms. The Hall–Kier alpha value is -1.59. The molecular weight excluding hydrogens is 311 g/mol. The molecule has 1 heterocycles. The number of hydrogen-bond donors (Lipinski definition) is 1. The van der Waals surface area contributed by atoms with Crippen molar-refractivity contribution in [2.75, 3.05) is 0 Å². The van der Waals surface area contributed by atoms with E-state index < -0.39 is 0 Å². The maximum atomic E-state index is 12.8. The van der Waals surface area contributed by atoms with Gasteiger partial charge >= 0.3 is 0 Å². The van der Waals surface area contributed by atoms with Crippen LogP contribution in [0.3, 0.4) is 0 Å². The minimum absolute atomic E-state index is 0.119. The Kier molecular flexibility index (Phi) is 5.59. The number of benzene rings is 1. The summed E-state index contributed by atoms with van der Waals surface area (Å²) in [5.74, 6) is -0.412. The molecule has 0 unspecified atom stereocenters. The molecule has 0 aliphatic carbocycles. The van der Waals surface area contributed by atoms with Crippen LogP contribution in [0.1, 0.15) is 12.5 Å². The highest BCUT2D eigenvalue weighted by molar-refractivity contribution is 8.00. The minimum Gasteiger partial charge on any atom is -0.351 e. The van der Waals surface area contributed by atoms with Crippen LogP contribution in [0.4, 0.5) is 4.39 Å². The second-order valence-corrected chi connectivity index (χ2v) is 6.13. The van der Waals surface area contributed by atoms with E-state index in [0.717, 1.165) is 5.56 Å². The highest BCUT2D eigenvalue weighted by Gasteiger charge is 2.16. The number of nitrogens with one attached hydrogen (secondary N) is 1. The molecule has 1 amide bonds. The average molecular weight is 325 g/mol. The number of amides is 1. The Morgan fingerprint density at radius 3 is 2.76 bits per heavy atom. The molecule has 0 saturated heterocycles. The van der Waals surface area contributed by atoms with Gasteiger partial charge in [-0.15, -0.1) is 0 Å². The average Bonchev–Trinajstić information content (AvgIpc) is 2.48. The van der Waals surface area contributed by atoms with Crippen LogP contribution in [-0.2, 0) is 11.3 Å². The van der Waals surface area contributed by atoms with E-state index in [9.17, 15) is 9.18 Å². The molecule has 0 aliphatic rings. The van der Waals surface area contributed by atoms with Gasteiger partial charge in [-0.1, -0.05) is 35.5 Å². The van der Waals surface area contributed by atoms with E-state index in [1.54, 1.807) is 37.4 Å². The van der Waals surface area contributed by atoms with E-state index >= 15 is 0 Å². The van der Waals surface area contributed by atoms with Crippen LogP contribution < -0.4 is 5.32 Å². The van der Waals surface area contributed by atoms with E-state index in [0.29, 0.717) is 16.6 Å². The Morgan fingerprint density at radius 1 is 1.38 bits per heavy atom. The first-order chi connectivity index (χ1) is 10.1. The summed E-state index contributed by atoms with van der Waals surface area (Å²) in [7, 11) is 0. The summed E-state index contributed by atoms with van der Waals surface area (Å²) in [5, 5.41) is 3.64. The van der Waals surface area contributed by atoms with Gasteiger partial charge in [-0.2, -0.15) is 0 Å². The number of aromatic nitrogens is 1. The second kappa shape index (κ2) is 7.43. The summed E-state index contributed by atoms with van der Waals surface area (Å²) >= 11 is 7.31. The highest BCUT2D eigenvalue weighted by Crippen LogP contribution is 2.27. The quantitative estimate of drug-likeness (QED) is 0.853. The molecule has 1 aromatic carbocycles. The maximum absolute atomic E-state index is 12.8. The first kappa shape index (κ1) is 15.8. The zero-order chi connectivity index (χ0) is 15.2. The molecule has 1 atom stereocenters. The van der Waals surface area contributed by atoms with Crippen LogP contribution in [0.5, 0.6) is 0 Å². The lowest BCUT2D eigenvalue weighted by molar-refractivity contribution is -0.120. The molecule has 1 aromatic heterocycles. The molecule has 0 fully saturated rings. The summed E-state index contributed by atoms with van der Waals surface area (Å²) in [6, 6.07) is 9.50. The van der Waals surface area contributed by atoms with Gasteiger partial charge in [0.2, 0.25) is 5.91 Å². The Balaban J connectivity index is 1.88. The number of pyridine rings is 1. The van der Waals surface area contributed by atoms with E-state index in [2.05, 4.69) is 10.3 Å². The normalized spacial score (nSPS) is 12.0. The first-order valence-corrected chi connectivity index (χ1v) is 7.61. The van der Waals surface area contributed by atoms with Gasteiger partial charge in [0, 0.05) is 12.7 Å². The largest absolute Gasteiger partial charge is 0.351 e. The Bertz CT molecular complexity index is 621. The van der Waals surface area contributed by atoms with Crippen molar-refractivity contribution in [1.82, 2.24) is 10.3 Å². The van der Waals surface area contributed by atoms with Crippen LogP contribution in [0.25, 0.3) is 0 Å². The van der Waals surface area contributed by atoms with Crippen LogP contribution in [0.15, 0.2) is 47.6 Å². The SMILES string of the molecule is C[C@H](Sc1ncccc1Cl)C(=O)NCc1ccc(F)cc1. The third kappa shape index (κ3) is 4.72. The smallest absolute Gasteiger partial charge is 0.233 e. The van der Waals surface area contributed by atoms with Crippen LogP contribution in [-0.4, -0.2) is 16.1 Å². The molecule has 6 heteroatoms. The number of rotatable bonds is 5. The van der Waals surface area contributed by atoms with Gasteiger partial charge < -0.3 is 5.32 Å². The van der Waals surface area contributed by atoms with Gasteiger partial charge in [-0.3, -0.25) is 4.79 Å². The van der Waals surface area contributed by atoms with E-state index in [-0.39, 0.29) is 17.0 Å². The van der Waals surface area contributed by atoms with Gasteiger partial charge in [0.25, 0.3) is 0 Å². The van der Waals surface area contributed by atoms with Crippen molar-refractivity contribution in [3.8, 4) is 0 Å². The number of thioether (sulfide) groups is 1. The van der Waals surface area contributed by atoms with Gasteiger partial charge in [-0.25, -0.2) is 9.37 Å². The van der Waals surface area contributed by atoms with E-state index in [1.807, 2.05) is 0 Å². The number of carbonyl (C=O) groups excluding carboxylic acids is 1. The summed E-state index contributed by atoms with van der Waals surface area (Å²) in [6.45, 7) is 2.15. The zero-order valence-electron chi connectivity index (χ0n) is 11.3. The van der Waals surface area contributed by atoms with Gasteiger partial charge in [-0.05, 0) is 36.8 Å². The molecule has 2 rings (SSSR count). The third-order valence-electron chi connectivity index (χ3n) is 2.76. The van der Waals surface area contributed by atoms with Crippen molar-refractivity contribution in [3.05, 3.63) is 59.0 Å². The summed E-state index contributed by atoms with van der Waals surface area (Å²) in [4.78, 5) is 16.2. The summed E-state index contributed by atoms with van der Waals surface area (Å²) in [5.41, 5.74) is 0.845. The zero-order valence-corrected chi connectivity index (χ0v) is 12.9. The number of halogens is 2. The predicted molar refractivity (Wildman–Crippen MR) is 82.8 cm³/mol. The Labute approximate surface area is 131 Å². The number of nitrogens with zero attached hydrogens (tertiary/aromatic N) is 1. The number of carbonyl (C=O) groups is 1. The van der Waals surface area contributed by atoms with Crippen molar-refractivity contribution in [3.63, 3.8) is 0 Å². The summed E-state index contributed by atoms with van der Waals surface area (Å²) < 4.78 is 12.8. The summed E-state index contributed by atoms with van der Waals surface area (Å²) in [6.07, 6.45) is 1.64. The van der Waals surface area contributed by atoms with Crippen LogP contribution >= 0.6 is 23.4 Å². The van der Waals surface area contributed by atoms with Crippen molar-refractivity contribution >= 4 is 29.3 Å². The molecule has 2 aromatic rings. The van der Waals surface area contributed by atoms with Crippen molar-refractivity contribution in [1.29, 1.82) is 0 Å². The second-order valence-electron chi connectivity index (χ2n) is 4.39. The fourth-order valence-electron chi connectivity index (χ4n) is 1.61. The van der Waals surface area contributed by atoms with E-state index in [1.165, 1.54) is 23.9 Å². The molecule has 1 N–H and O–H groups in total. The molecule has 0 radical (unpaired) electrons. The van der Waals surface area contributed by atoms with Crippen molar-refractivity contribution in [2.24, 2.45) is 0 Å². The molecule has 21 heavy (non-hydrogen) atoms. The third-order valence-corrected chi connectivity index (χ3v) is 4.30. The van der Waals surface area contributed by atoms with Gasteiger partial charge in [0.05, 0.1) is 10.3 Å². The van der Waals surface area contributed by atoms with Crippen LogP contribution in [0.2, 0.25) is 5.02 Å². The fourth-order valence-corrected chi connectivity index (χ4v) is 2.70. The fraction of sp³-hybridized carbons (Fsp3) is 0.200. The highest BCUT2D eigenvalue weighted by atomic mass is 35.5. The topological polar surface area (TPSA) is 42.0 Å². The maximum Gasteiger partial charge on any atom is 0.233 e. The van der Waals surface area contributed by atoms with Gasteiger partial charge in [0.15, 0.2) is 0 Å². The lowest BCUT2D eigenvalue weighted by Crippen LogP contribution is -2.30. The Morgan fingerprint density at radius 2 is 2.10 bits per heavy atom. The number of hydrogen-bond acceptors (Lipinski definition) is 3. The molecule has 0 saturated carbocycles. The molecule has 0 spiro atoms. The molecule has 0 aliphatic heterocycles. The first-order valence-electron chi connectivity index (χ1n) is 6.35. The standard InChI is InChI=1S/C15H14ClFN2OS/c1-10(21-15-13(16)3-2-8-18-15)14(20)19-9-11-4-6-12(17)7-5-11/h2-8,10H,9H2,1H3,(H,19,20)/t10-/m0/s1. The van der Waals surface area contributed by atoms with Crippen molar-refractivity contribution < 1.29 is 9.18 Å². The lowest BCUT2D eigenvalue weighted by Gasteiger charge is -2.12. The predicted octanol–water partition coefficient (Wildman–Crippen LogP) is 3.67. The lowest BCUT2D eigenvalue weighted by atomic mass is 10.2. The van der Waals surface area contributed by atoms with Gasteiger partial charge in [0.1, 0.15) is 10.8 Å². The minimum atomic E-state index is -0.321. The monoisotopic (exact) mass is 324 g/mol. The molecule has 110 valence electrons. The molecular formula is C15H14ClFN2OS. The molecule has 3 nitrogen and oxygen atoms in total. The van der Waals surface area contributed by atoms with Crippen molar-refractivity contribution in [2.45, 2.75) is 23.7 Å². The van der Waals surface area contributed by atoms with E-state index in [4.69, 9.17) is 11.6 Å². The van der Waals surface area contributed by atoms with Crippen LogP contribution in [0, 0.1) is 5.82 Å².